The molecule has 2 aromatic carbocycles. The molecule has 0 bridgehead atoms. The van der Waals surface area contributed by atoms with Crippen molar-refractivity contribution < 1.29 is 8.78 Å². The highest BCUT2D eigenvalue weighted by atomic mass is 19.1. The van der Waals surface area contributed by atoms with Gasteiger partial charge in [0.15, 0.2) is 0 Å². The summed E-state index contributed by atoms with van der Waals surface area (Å²) in [4.78, 5) is 0. The van der Waals surface area contributed by atoms with E-state index >= 15 is 0 Å². The number of nitrogens with one attached hydrogen (secondary N) is 1. The zero-order chi connectivity index (χ0) is 14.5. The molecule has 0 aromatic heterocycles. The Morgan fingerprint density at radius 2 is 1.75 bits per heavy atom. The minimum atomic E-state index is -0.402. The van der Waals surface area contributed by atoms with Gasteiger partial charge in [0.2, 0.25) is 0 Å². The first-order chi connectivity index (χ1) is 9.60. The van der Waals surface area contributed by atoms with E-state index in [2.05, 4.69) is 5.32 Å². The van der Waals surface area contributed by atoms with Gasteiger partial charge >= 0.3 is 0 Å². The van der Waals surface area contributed by atoms with Gasteiger partial charge in [0.05, 0.1) is 0 Å². The Hall–Kier alpha value is -1.74. The Balaban J connectivity index is 2.25. The van der Waals surface area contributed by atoms with Crippen molar-refractivity contribution in [3.05, 3.63) is 70.8 Å². The third-order valence-electron chi connectivity index (χ3n) is 3.36. The standard InChI is InChI=1S/C17H19F2N/c1-3-20-17(13-6-4-12(2)5-7-13)11-14-10-15(18)8-9-16(14)19/h4-10,17,20H,3,11H2,1-2H3. The molecule has 0 aliphatic carbocycles. The van der Waals surface area contributed by atoms with E-state index < -0.39 is 5.82 Å². The van der Waals surface area contributed by atoms with Gasteiger partial charge in [0.25, 0.3) is 0 Å². The molecule has 0 saturated carbocycles. The molecule has 1 unspecified atom stereocenters. The molecule has 2 rings (SSSR count). The van der Waals surface area contributed by atoms with E-state index in [1.165, 1.54) is 17.7 Å². The van der Waals surface area contributed by atoms with Gasteiger partial charge in [-0.15, -0.1) is 0 Å². The first-order valence-corrected chi connectivity index (χ1v) is 6.84. The average Bonchev–Trinajstić information content (AvgIpc) is 2.43. The van der Waals surface area contributed by atoms with Crippen molar-refractivity contribution in [1.82, 2.24) is 5.32 Å². The van der Waals surface area contributed by atoms with Crippen LogP contribution in [-0.4, -0.2) is 6.54 Å². The second-order valence-corrected chi connectivity index (χ2v) is 4.96. The number of benzene rings is 2. The summed E-state index contributed by atoms with van der Waals surface area (Å²) in [6.45, 7) is 4.80. The minimum absolute atomic E-state index is 0.0168. The fourth-order valence-corrected chi connectivity index (χ4v) is 2.27. The van der Waals surface area contributed by atoms with E-state index in [1.807, 2.05) is 38.1 Å². The molecule has 106 valence electrons. The van der Waals surface area contributed by atoms with Crippen LogP contribution in [0.15, 0.2) is 42.5 Å². The normalized spacial score (nSPS) is 12.4. The van der Waals surface area contributed by atoms with Crippen LogP contribution >= 0.6 is 0 Å². The van der Waals surface area contributed by atoms with E-state index in [-0.39, 0.29) is 11.9 Å². The summed E-state index contributed by atoms with van der Waals surface area (Å²) in [5.74, 6) is -0.762. The maximum atomic E-state index is 13.8. The van der Waals surface area contributed by atoms with Crippen molar-refractivity contribution in [2.24, 2.45) is 0 Å². The molecule has 0 heterocycles. The third kappa shape index (κ3) is 3.64. The second kappa shape index (κ2) is 6.62. The molecular weight excluding hydrogens is 256 g/mol. The van der Waals surface area contributed by atoms with Gasteiger partial charge in [0.1, 0.15) is 11.6 Å². The highest BCUT2D eigenvalue weighted by Crippen LogP contribution is 2.21. The summed E-state index contributed by atoms with van der Waals surface area (Å²) in [6, 6.07) is 11.7. The molecule has 0 aliphatic heterocycles. The highest BCUT2D eigenvalue weighted by Gasteiger charge is 2.14. The van der Waals surface area contributed by atoms with Crippen LogP contribution in [0, 0.1) is 18.6 Å². The summed E-state index contributed by atoms with van der Waals surface area (Å²) in [7, 11) is 0. The molecule has 1 atom stereocenters. The first kappa shape index (κ1) is 14.7. The van der Waals surface area contributed by atoms with Crippen molar-refractivity contribution in [2.45, 2.75) is 26.3 Å². The van der Waals surface area contributed by atoms with Crippen molar-refractivity contribution in [2.75, 3.05) is 6.54 Å². The lowest BCUT2D eigenvalue weighted by atomic mass is 9.97. The molecule has 0 fully saturated rings. The van der Waals surface area contributed by atoms with Gasteiger partial charge < -0.3 is 5.32 Å². The van der Waals surface area contributed by atoms with Crippen LogP contribution in [0.4, 0.5) is 8.78 Å². The number of aryl methyl sites for hydroxylation is 1. The Morgan fingerprint density at radius 1 is 1.05 bits per heavy atom. The summed E-state index contributed by atoms with van der Waals surface area (Å²) in [5.41, 5.74) is 2.67. The number of hydrogen-bond donors (Lipinski definition) is 1. The first-order valence-electron chi connectivity index (χ1n) is 6.84. The summed E-state index contributed by atoms with van der Waals surface area (Å²) >= 11 is 0. The van der Waals surface area contributed by atoms with E-state index in [9.17, 15) is 8.78 Å². The van der Waals surface area contributed by atoms with Gasteiger partial charge in [-0.05, 0) is 49.2 Å². The molecule has 1 N–H and O–H groups in total. The fourth-order valence-electron chi connectivity index (χ4n) is 2.27. The van der Waals surface area contributed by atoms with Crippen molar-refractivity contribution in [1.29, 1.82) is 0 Å². The number of hydrogen-bond acceptors (Lipinski definition) is 1. The van der Waals surface area contributed by atoms with E-state index in [1.54, 1.807) is 0 Å². The largest absolute Gasteiger partial charge is 0.310 e. The quantitative estimate of drug-likeness (QED) is 0.863. The van der Waals surface area contributed by atoms with E-state index in [0.29, 0.717) is 12.0 Å². The minimum Gasteiger partial charge on any atom is -0.310 e. The van der Waals surface area contributed by atoms with Crippen molar-refractivity contribution >= 4 is 0 Å². The highest BCUT2D eigenvalue weighted by molar-refractivity contribution is 5.27. The molecular formula is C17H19F2N. The molecule has 2 aromatic rings. The molecule has 0 spiro atoms. The van der Waals surface area contributed by atoms with Crippen LogP contribution in [0.1, 0.15) is 29.7 Å². The van der Waals surface area contributed by atoms with Gasteiger partial charge in [-0.1, -0.05) is 36.8 Å². The summed E-state index contributed by atoms with van der Waals surface area (Å²) in [5, 5.41) is 3.32. The van der Waals surface area contributed by atoms with Crippen LogP contribution in [0.2, 0.25) is 0 Å². The van der Waals surface area contributed by atoms with Gasteiger partial charge in [-0.2, -0.15) is 0 Å². The van der Waals surface area contributed by atoms with Crippen LogP contribution < -0.4 is 5.32 Å². The molecule has 20 heavy (non-hydrogen) atoms. The second-order valence-electron chi connectivity index (χ2n) is 4.96. The number of halogens is 2. The maximum Gasteiger partial charge on any atom is 0.126 e. The SMILES string of the molecule is CCNC(Cc1cc(F)ccc1F)c1ccc(C)cc1. The monoisotopic (exact) mass is 275 g/mol. The molecule has 0 aliphatic rings. The van der Waals surface area contributed by atoms with Crippen LogP contribution in [0.5, 0.6) is 0 Å². The van der Waals surface area contributed by atoms with Crippen molar-refractivity contribution in [3.8, 4) is 0 Å². The number of likely N-dealkylation sites (N-methyl/N-ethyl adjacent to an activating group) is 1. The Morgan fingerprint density at radius 3 is 2.40 bits per heavy atom. The predicted molar refractivity (Wildman–Crippen MR) is 77.7 cm³/mol. The number of rotatable bonds is 5. The third-order valence-corrected chi connectivity index (χ3v) is 3.36. The summed E-state index contributed by atoms with van der Waals surface area (Å²) < 4.78 is 27.0. The Kier molecular flexibility index (Phi) is 4.85. The lowest BCUT2D eigenvalue weighted by molar-refractivity contribution is 0.522. The predicted octanol–water partition coefficient (Wildman–Crippen LogP) is 4.17. The van der Waals surface area contributed by atoms with Crippen LogP contribution in [0.3, 0.4) is 0 Å². The molecule has 0 saturated heterocycles. The van der Waals surface area contributed by atoms with Crippen LogP contribution in [0.25, 0.3) is 0 Å². The molecule has 0 radical (unpaired) electrons. The lowest BCUT2D eigenvalue weighted by Crippen LogP contribution is -2.23. The van der Waals surface area contributed by atoms with Crippen molar-refractivity contribution in [3.63, 3.8) is 0 Å². The van der Waals surface area contributed by atoms with Crippen LogP contribution in [-0.2, 0) is 6.42 Å². The Bertz CT molecular complexity index is 564. The van der Waals surface area contributed by atoms with Gasteiger partial charge in [-0.3, -0.25) is 0 Å². The smallest absolute Gasteiger partial charge is 0.126 e. The average molecular weight is 275 g/mol. The zero-order valence-electron chi connectivity index (χ0n) is 11.8. The summed E-state index contributed by atoms with van der Waals surface area (Å²) in [6.07, 6.45) is 0.431. The van der Waals surface area contributed by atoms with Gasteiger partial charge in [-0.25, -0.2) is 8.78 Å². The fraction of sp³-hybridized carbons (Fsp3) is 0.294. The lowest BCUT2D eigenvalue weighted by Gasteiger charge is -2.19. The molecule has 0 amide bonds. The maximum absolute atomic E-state index is 13.8. The molecule has 1 nitrogen and oxygen atoms in total. The van der Waals surface area contributed by atoms with E-state index in [0.717, 1.165) is 18.2 Å². The topological polar surface area (TPSA) is 12.0 Å². The van der Waals surface area contributed by atoms with E-state index in [4.69, 9.17) is 0 Å². The van der Waals surface area contributed by atoms with Gasteiger partial charge in [0, 0.05) is 6.04 Å². The molecule has 3 heteroatoms. The zero-order valence-corrected chi connectivity index (χ0v) is 11.8. The Labute approximate surface area is 118 Å².